The van der Waals surface area contributed by atoms with Gasteiger partial charge in [-0.25, -0.2) is 19.9 Å². The fourth-order valence-electron chi connectivity index (χ4n) is 5.33. The molecule has 0 bridgehead atoms. The Morgan fingerprint density at radius 1 is 0.525 bits per heavy atom. The predicted octanol–water partition coefficient (Wildman–Crippen LogP) is 3.14. The van der Waals surface area contributed by atoms with Gasteiger partial charge in [-0.15, -0.1) is 0 Å². The SMILES string of the molecule is O=C(c1ccc(CN2CCN(c3ncccn3)CC2)cc1)c1ccc(CN2CCN(c3ncccn3)CC2)cc1. The fourth-order valence-corrected chi connectivity index (χ4v) is 5.33. The topological polar surface area (TPSA) is 81.6 Å². The Balaban J connectivity index is 0.976. The molecular formula is C31H34N8O. The summed E-state index contributed by atoms with van der Waals surface area (Å²) in [6.07, 6.45) is 7.16. The lowest BCUT2D eigenvalue weighted by Crippen LogP contribution is -2.46. The van der Waals surface area contributed by atoms with E-state index in [1.165, 1.54) is 11.1 Å². The molecule has 2 aliphatic rings. The zero-order valence-electron chi connectivity index (χ0n) is 22.6. The van der Waals surface area contributed by atoms with Crippen LogP contribution in [0.4, 0.5) is 11.9 Å². The normalized spacial score (nSPS) is 16.7. The summed E-state index contributed by atoms with van der Waals surface area (Å²) < 4.78 is 0. The second-order valence-electron chi connectivity index (χ2n) is 10.3. The zero-order chi connectivity index (χ0) is 27.1. The van der Waals surface area contributed by atoms with E-state index < -0.39 is 0 Å². The van der Waals surface area contributed by atoms with Crippen LogP contribution in [0.3, 0.4) is 0 Å². The number of hydrogen-bond acceptors (Lipinski definition) is 9. The number of benzene rings is 2. The number of hydrogen-bond donors (Lipinski definition) is 0. The molecule has 6 rings (SSSR count). The van der Waals surface area contributed by atoms with Gasteiger partial charge in [0, 0.05) is 101 Å². The molecule has 9 heteroatoms. The van der Waals surface area contributed by atoms with Gasteiger partial charge in [0.2, 0.25) is 11.9 Å². The van der Waals surface area contributed by atoms with Crippen molar-refractivity contribution < 1.29 is 4.79 Å². The first-order valence-electron chi connectivity index (χ1n) is 13.9. The molecule has 0 saturated carbocycles. The van der Waals surface area contributed by atoms with E-state index in [1.54, 1.807) is 24.8 Å². The van der Waals surface area contributed by atoms with Crippen LogP contribution in [-0.2, 0) is 13.1 Å². The van der Waals surface area contributed by atoms with Crippen LogP contribution in [-0.4, -0.2) is 87.9 Å². The van der Waals surface area contributed by atoms with Crippen LogP contribution in [0.2, 0.25) is 0 Å². The van der Waals surface area contributed by atoms with Crippen molar-refractivity contribution in [2.75, 3.05) is 62.2 Å². The number of rotatable bonds is 8. The first-order valence-corrected chi connectivity index (χ1v) is 13.9. The van der Waals surface area contributed by atoms with Crippen LogP contribution in [0.5, 0.6) is 0 Å². The molecule has 2 aromatic heterocycles. The molecule has 2 aromatic carbocycles. The van der Waals surface area contributed by atoms with Crippen molar-refractivity contribution in [3.8, 4) is 0 Å². The first-order chi connectivity index (χ1) is 19.7. The van der Waals surface area contributed by atoms with Gasteiger partial charge in [0.15, 0.2) is 5.78 Å². The lowest BCUT2D eigenvalue weighted by atomic mass is 10.0. The monoisotopic (exact) mass is 534 g/mol. The summed E-state index contributed by atoms with van der Waals surface area (Å²) in [6, 6.07) is 19.8. The summed E-state index contributed by atoms with van der Waals surface area (Å²) >= 11 is 0. The molecule has 9 nitrogen and oxygen atoms in total. The maximum Gasteiger partial charge on any atom is 0.225 e. The van der Waals surface area contributed by atoms with E-state index in [9.17, 15) is 4.79 Å². The maximum absolute atomic E-state index is 13.1. The van der Waals surface area contributed by atoms with Gasteiger partial charge in [0.05, 0.1) is 0 Å². The molecule has 2 saturated heterocycles. The van der Waals surface area contributed by atoms with Gasteiger partial charge >= 0.3 is 0 Å². The Morgan fingerprint density at radius 2 is 0.875 bits per heavy atom. The molecule has 0 atom stereocenters. The summed E-state index contributed by atoms with van der Waals surface area (Å²) in [6.45, 7) is 9.24. The van der Waals surface area contributed by atoms with Crippen molar-refractivity contribution in [1.29, 1.82) is 0 Å². The van der Waals surface area contributed by atoms with Crippen molar-refractivity contribution in [2.45, 2.75) is 13.1 Å². The summed E-state index contributed by atoms with van der Waals surface area (Å²) in [5, 5.41) is 0. The highest BCUT2D eigenvalue weighted by Gasteiger charge is 2.20. The van der Waals surface area contributed by atoms with Crippen LogP contribution >= 0.6 is 0 Å². The Labute approximate surface area is 235 Å². The minimum atomic E-state index is 0.0612. The highest BCUT2D eigenvalue weighted by atomic mass is 16.1. The Kier molecular flexibility index (Phi) is 8.02. The Bertz CT molecular complexity index is 1260. The molecule has 0 spiro atoms. The van der Waals surface area contributed by atoms with Crippen molar-refractivity contribution in [2.24, 2.45) is 0 Å². The second-order valence-corrected chi connectivity index (χ2v) is 10.3. The van der Waals surface area contributed by atoms with Gasteiger partial charge in [0.1, 0.15) is 0 Å². The second kappa shape index (κ2) is 12.3. The number of piperazine rings is 2. The lowest BCUT2D eigenvalue weighted by molar-refractivity contribution is 0.103. The van der Waals surface area contributed by atoms with Crippen LogP contribution < -0.4 is 9.80 Å². The molecule has 40 heavy (non-hydrogen) atoms. The zero-order valence-corrected chi connectivity index (χ0v) is 22.6. The van der Waals surface area contributed by atoms with Gasteiger partial charge in [0.25, 0.3) is 0 Å². The van der Waals surface area contributed by atoms with Crippen LogP contribution in [0.1, 0.15) is 27.0 Å². The quantitative estimate of drug-likeness (QED) is 0.317. The van der Waals surface area contributed by atoms with Crippen LogP contribution in [0.15, 0.2) is 85.5 Å². The Hall–Kier alpha value is -4.21. The maximum atomic E-state index is 13.1. The summed E-state index contributed by atoms with van der Waals surface area (Å²) in [5.41, 5.74) is 3.88. The number of ketones is 1. The average molecular weight is 535 g/mol. The number of carbonyl (C=O) groups is 1. The van der Waals surface area contributed by atoms with E-state index in [2.05, 4.69) is 63.8 Å². The smallest absolute Gasteiger partial charge is 0.225 e. The number of anilines is 2. The van der Waals surface area contributed by atoms with Gasteiger partial charge in [-0.2, -0.15) is 0 Å². The average Bonchev–Trinajstić information content (AvgIpc) is 3.03. The minimum Gasteiger partial charge on any atom is -0.338 e. The van der Waals surface area contributed by atoms with Crippen molar-refractivity contribution in [3.05, 3.63) is 108 Å². The molecule has 0 aliphatic carbocycles. The van der Waals surface area contributed by atoms with Gasteiger partial charge < -0.3 is 9.80 Å². The van der Waals surface area contributed by atoms with E-state index in [-0.39, 0.29) is 5.78 Å². The Morgan fingerprint density at radius 3 is 1.23 bits per heavy atom. The van der Waals surface area contributed by atoms with E-state index >= 15 is 0 Å². The van der Waals surface area contributed by atoms with E-state index in [1.807, 2.05) is 36.4 Å². The lowest BCUT2D eigenvalue weighted by Gasteiger charge is -2.34. The molecule has 0 amide bonds. The first kappa shape index (κ1) is 26.0. The van der Waals surface area contributed by atoms with Gasteiger partial charge in [-0.3, -0.25) is 14.6 Å². The predicted molar refractivity (Wildman–Crippen MR) is 155 cm³/mol. The fraction of sp³-hybridized carbons (Fsp3) is 0.323. The molecular weight excluding hydrogens is 500 g/mol. The van der Waals surface area contributed by atoms with Crippen LogP contribution in [0, 0.1) is 0 Å². The molecule has 2 fully saturated rings. The minimum absolute atomic E-state index is 0.0612. The number of nitrogens with zero attached hydrogens (tertiary/aromatic N) is 8. The van der Waals surface area contributed by atoms with Crippen LogP contribution in [0.25, 0.3) is 0 Å². The number of carbonyl (C=O) groups excluding carboxylic acids is 1. The molecule has 4 heterocycles. The standard InChI is InChI=1S/C31H34N8O/c40-29(27-7-3-25(4-8-27)23-36-15-19-38(20-16-36)30-32-11-1-12-33-30)28-9-5-26(6-10-28)24-37-17-21-39(22-18-37)31-34-13-2-14-35-31/h1-14H,15-24H2. The molecule has 4 aromatic rings. The molecule has 0 radical (unpaired) electrons. The van der Waals surface area contributed by atoms with Crippen molar-refractivity contribution in [1.82, 2.24) is 29.7 Å². The largest absolute Gasteiger partial charge is 0.338 e. The molecule has 0 N–H and O–H groups in total. The third kappa shape index (κ3) is 6.32. The summed E-state index contributed by atoms with van der Waals surface area (Å²) in [4.78, 5) is 39.9. The summed E-state index contributed by atoms with van der Waals surface area (Å²) in [7, 11) is 0. The molecule has 204 valence electrons. The molecule has 2 aliphatic heterocycles. The molecule has 0 unspecified atom stereocenters. The highest BCUT2D eigenvalue weighted by molar-refractivity contribution is 6.09. The van der Waals surface area contributed by atoms with E-state index in [4.69, 9.17) is 0 Å². The van der Waals surface area contributed by atoms with Crippen molar-refractivity contribution in [3.63, 3.8) is 0 Å². The van der Waals surface area contributed by atoms with Gasteiger partial charge in [-0.05, 0) is 23.3 Å². The summed E-state index contributed by atoms with van der Waals surface area (Å²) in [5.74, 6) is 1.66. The van der Waals surface area contributed by atoms with Crippen molar-refractivity contribution >= 4 is 17.7 Å². The highest BCUT2D eigenvalue weighted by Crippen LogP contribution is 2.17. The third-order valence-electron chi connectivity index (χ3n) is 7.66. The van der Waals surface area contributed by atoms with Gasteiger partial charge in [-0.1, -0.05) is 48.5 Å². The number of aromatic nitrogens is 4. The van der Waals surface area contributed by atoms with E-state index in [0.29, 0.717) is 0 Å². The van der Waals surface area contributed by atoms with E-state index in [0.717, 1.165) is 88.5 Å². The third-order valence-corrected chi connectivity index (χ3v) is 7.66.